The molecule has 60 valence electrons. The van der Waals surface area contributed by atoms with E-state index in [4.69, 9.17) is 4.55 Å². The first-order chi connectivity index (χ1) is 5.22. The normalized spacial score (nSPS) is 12.5. The fraction of sp³-hybridized carbons (Fsp3) is 0. The van der Waals surface area contributed by atoms with Gasteiger partial charge in [-0.2, -0.15) is 0 Å². The van der Waals surface area contributed by atoms with E-state index in [9.17, 15) is 4.21 Å². The average Bonchev–Trinajstić information content (AvgIpc) is 2.05. The van der Waals surface area contributed by atoms with E-state index < -0.39 is 11.3 Å². The van der Waals surface area contributed by atoms with Crippen molar-refractivity contribution in [2.75, 3.05) is 3.33 Å². The van der Waals surface area contributed by atoms with E-state index in [-0.39, 0.29) is 0 Å². The Balaban J connectivity index is 2.85. The van der Waals surface area contributed by atoms with Crippen LogP contribution in [0.4, 0.5) is 5.69 Å². The molecule has 0 radical (unpaired) electrons. The summed E-state index contributed by atoms with van der Waals surface area (Å²) in [6.07, 6.45) is 0. The van der Waals surface area contributed by atoms with Gasteiger partial charge in [0.05, 0.1) is 21.8 Å². The third kappa shape index (κ3) is 2.28. The molecule has 1 atom stereocenters. The van der Waals surface area contributed by atoms with Gasteiger partial charge < -0.3 is 0 Å². The molecule has 0 aliphatic carbocycles. The van der Waals surface area contributed by atoms with Gasteiger partial charge in [-0.15, -0.1) is 0 Å². The predicted octanol–water partition coefficient (Wildman–Crippen LogP) is 1.94. The summed E-state index contributed by atoms with van der Waals surface area (Å²) in [6.45, 7) is 0. The topological polar surface area (TPSA) is 40.5 Å². The van der Waals surface area contributed by atoms with Gasteiger partial charge in [0.25, 0.3) is 11.3 Å². The maximum absolute atomic E-state index is 10.5. The lowest BCUT2D eigenvalue weighted by Gasteiger charge is -2.09. The lowest BCUT2D eigenvalue weighted by Crippen LogP contribution is -2.11. The highest BCUT2D eigenvalue weighted by atomic mass is 79.9. The van der Waals surface area contributed by atoms with Crippen molar-refractivity contribution in [2.45, 2.75) is 0 Å². The summed E-state index contributed by atoms with van der Waals surface area (Å²) < 4.78 is 20.2. The Labute approximate surface area is 75.8 Å². The van der Waals surface area contributed by atoms with Crippen LogP contribution in [0.25, 0.3) is 0 Å². The number of anilines is 1. The summed E-state index contributed by atoms with van der Waals surface area (Å²) in [5.41, 5.74) is 0.647. The molecule has 1 unspecified atom stereocenters. The largest absolute Gasteiger partial charge is 0.289 e. The molecule has 5 heteroatoms. The van der Waals surface area contributed by atoms with E-state index in [1.54, 1.807) is 24.3 Å². The quantitative estimate of drug-likeness (QED) is 0.629. The fourth-order valence-electron chi connectivity index (χ4n) is 0.635. The predicted molar refractivity (Wildman–Crippen MR) is 48.6 cm³/mol. The molecule has 0 saturated carbocycles. The van der Waals surface area contributed by atoms with Crippen LogP contribution in [0.3, 0.4) is 0 Å². The first-order valence-electron chi connectivity index (χ1n) is 2.84. The standard InChI is InChI=1S/C6H6BrNO2S/c7-8(11(9)10)6-4-2-1-3-5-6/h1-5H,(H,9,10). The number of benzene rings is 1. The Hall–Kier alpha value is -0.390. The lowest BCUT2D eigenvalue weighted by atomic mass is 10.3. The molecule has 0 aliphatic rings. The van der Waals surface area contributed by atoms with E-state index in [1.807, 2.05) is 6.07 Å². The van der Waals surface area contributed by atoms with Crippen LogP contribution in [0.1, 0.15) is 0 Å². The van der Waals surface area contributed by atoms with Gasteiger partial charge in [0.1, 0.15) is 0 Å². The Morgan fingerprint density at radius 2 is 1.91 bits per heavy atom. The van der Waals surface area contributed by atoms with Crippen LogP contribution >= 0.6 is 16.1 Å². The molecule has 0 bridgehead atoms. The zero-order valence-electron chi connectivity index (χ0n) is 5.48. The third-order valence-electron chi connectivity index (χ3n) is 1.10. The maximum Gasteiger partial charge on any atom is 0.272 e. The molecule has 0 fully saturated rings. The molecule has 1 aromatic rings. The highest BCUT2D eigenvalue weighted by molar-refractivity contribution is 9.11. The summed E-state index contributed by atoms with van der Waals surface area (Å²) in [4.78, 5) is 0. The molecule has 1 aromatic carbocycles. The second-order valence-corrected chi connectivity index (χ2v) is 3.82. The Morgan fingerprint density at radius 3 is 2.36 bits per heavy atom. The Morgan fingerprint density at radius 1 is 1.36 bits per heavy atom. The number of halogens is 1. The van der Waals surface area contributed by atoms with Gasteiger partial charge in [0.15, 0.2) is 0 Å². The number of hydrogen-bond acceptors (Lipinski definition) is 1. The van der Waals surface area contributed by atoms with E-state index in [0.29, 0.717) is 5.69 Å². The minimum Gasteiger partial charge on any atom is -0.289 e. The van der Waals surface area contributed by atoms with Gasteiger partial charge in [-0.3, -0.25) is 4.55 Å². The minimum atomic E-state index is -2.01. The van der Waals surface area contributed by atoms with Gasteiger partial charge in [-0.05, 0) is 12.1 Å². The molecule has 0 aliphatic heterocycles. The van der Waals surface area contributed by atoms with Crippen molar-refractivity contribution >= 4 is 33.1 Å². The smallest absolute Gasteiger partial charge is 0.272 e. The summed E-state index contributed by atoms with van der Waals surface area (Å²) in [5, 5.41) is 0. The highest BCUT2D eigenvalue weighted by Crippen LogP contribution is 2.17. The zero-order valence-corrected chi connectivity index (χ0v) is 7.88. The van der Waals surface area contributed by atoms with Crippen LogP contribution in [0.2, 0.25) is 0 Å². The van der Waals surface area contributed by atoms with Crippen LogP contribution in [0.15, 0.2) is 30.3 Å². The molecule has 0 saturated heterocycles. The third-order valence-corrected chi connectivity index (χ3v) is 2.73. The highest BCUT2D eigenvalue weighted by Gasteiger charge is 2.05. The molecule has 0 aromatic heterocycles. The van der Waals surface area contributed by atoms with Crippen molar-refractivity contribution in [1.29, 1.82) is 0 Å². The Bertz CT molecular complexity index is 254. The van der Waals surface area contributed by atoms with E-state index in [2.05, 4.69) is 16.1 Å². The first kappa shape index (κ1) is 8.70. The van der Waals surface area contributed by atoms with E-state index in [0.717, 1.165) is 3.33 Å². The van der Waals surface area contributed by atoms with Crippen molar-refractivity contribution in [3.8, 4) is 0 Å². The van der Waals surface area contributed by atoms with Crippen molar-refractivity contribution in [1.82, 2.24) is 0 Å². The SMILES string of the molecule is O=S(O)N(Br)c1ccccc1. The summed E-state index contributed by atoms with van der Waals surface area (Å²) in [6, 6.07) is 8.86. The van der Waals surface area contributed by atoms with Crippen molar-refractivity contribution in [3.63, 3.8) is 0 Å². The Kier molecular flexibility index (Phi) is 3.04. The molecular weight excluding hydrogens is 230 g/mol. The molecule has 0 amide bonds. The van der Waals surface area contributed by atoms with Crippen LogP contribution in [0, 0.1) is 0 Å². The van der Waals surface area contributed by atoms with Gasteiger partial charge in [-0.1, -0.05) is 18.2 Å². The maximum atomic E-state index is 10.5. The molecule has 3 nitrogen and oxygen atoms in total. The van der Waals surface area contributed by atoms with Crippen LogP contribution in [-0.4, -0.2) is 8.76 Å². The number of rotatable bonds is 2. The van der Waals surface area contributed by atoms with Crippen LogP contribution < -0.4 is 3.33 Å². The molecule has 11 heavy (non-hydrogen) atoms. The van der Waals surface area contributed by atoms with E-state index in [1.165, 1.54) is 0 Å². The van der Waals surface area contributed by atoms with Crippen LogP contribution in [-0.2, 0) is 11.3 Å². The average molecular weight is 236 g/mol. The van der Waals surface area contributed by atoms with Gasteiger partial charge in [0, 0.05) is 0 Å². The molecule has 0 spiro atoms. The second kappa shape index (κ2) is 3.85. The van der Waals surface area contributed by atoms with Gasteiger partial charge in [0.2, 0.25) is 0 Å². The van der Waals surface area contributed by atoms with Crippen LogP contribution in [0.5, 0.6) is 0 Å². The summed E-state index contributed by atoms with van der Waals surface area (Å²) in [7, 11) is 0. The monoisotopic (exact) mass is 235 g/mol. The summed E-state index contributed by atoms with van der Waals surface area (Å²) in [5.74, 6) is 0. The first-order valence-corrected chi connectivity index (χ1v) is 4.61. The van der Waals surface area contributed by atoms with E-state index >= 15 is 0 Å². The second-order valence-electron chi connectivity index (χ2n) is 1.81. The lowest BCUT2D eigenvalue weighted by molar-refractivity contribution is 0.567. The molecule has 1 N–H and O–H groups in total. The molecular formula is C6H6BrNO2S. The zero-order chi connectivity index (χ0) is 8.27. The van der Waals surface area contributed by atoms with Gasteiger partial charge >= 0.3 is 0 Å². The molecule has 1 rings (SSSR count). The van der Waals surface area contributed by atoms with Crippen molar-refractivity contribution in [3.05, 3.63) is 30.3 Å². The van der Waals surface area contributed by atoms with Crippen molar-refractivity contribution in [2.24, 2.45) is 0 Å². The molecule has 0 heterocycles. The minimum absolute atomic E-state index is 0.647. The van der Waals surface area contributed by atoms with Crippen molar-refractivity contribution < 1.29 is 8.76 Å². The number of hydrogen-bond donors (Lipinski definition) is 1. The van der Waals surface area contributed by atoms with Gasteiger partial charge in [-0.25, -0.2) is 7.54 Å². The fourth-order valence-corrected chi connectivity index (χ4v) is 1.17. The number of nitrogens with zero attached hydrogens (tertiary/aromatic N) is 1. The summed E-state index contributed by atoms with van der Waals surface area (Å²) >= 11 is 0.922. The number of para-hydroxylation sites is 1.